The van der Waals surface area contributed by atoms with Crippen molar-refractivity contribution in [1.29, 1.82) is 0 Å². The van der Waals surface area contributed by atoms with Crippen molar-refractivity contribution in [3.63, 3.8) is 0 Å². The molecule has 1 N–H and O–H groups in total. The van der Waals surface area contributed by atoms with E-state index < -0.39 is 0 Å². The van der Waals surface area contributed by atoms with Crippen molar-refractivity contribution in [1.82, 2.24) is 19.7 Å². The van der Waals surface area contributed by atoms with Gasteiger partial charge in [-0.25, -0.2) is 4.98 Å². The number of benzene rings is 1. The van der Waals surface area contributed by atoms with Gasteiger partial charge in [0.15, 0.2) is 5.82 Å². The monoisotopic (exact) mass is 348 g/mol. The lowest BCUT2D eigenvalue weighted by atomic mass is 9.91. The summed E-state index contributed by atoms with van der Waals surface area (Å²) in [6.07, 6.45) is 3.00. The van der Waals surface area contributed by atoms with Gasteiger partial charge in [0, 0.05) is 11.6 Å². The molecule has 1 unspecified atom stereocenters. The minimum atomic E-state index is 0.302. The van der Waals surface area contributed by atoms with Crippen molar-refractivity contribution in [2.75, 3.05) is 0 Å². The van der Waals surface area contributed by atoms with E-state index in [0.717, 1.165) is 53.5 Å². The number of aryl methyl sites for hydroxylation is 2. The van der Waals surface area contributed by atoms with Crippen LogP contribution < -0.4 is 0 Å². The fourth-order valence-corrected chi connectivity index (χ4v) is 3.87. The molecule has 0 bridgehead atoms. The van der Waals surface area contributed by atoms with Gasteiger partial charge in [0.2, 0.25) is 0 Å². The van der Waals surface area contributed by atoms with Crippen LogP contribution in [0.3, 0.4) is 0 Å². The van der Waals surface area contributed by atoms with E-state index in [0.29, 0.717) is 17.6 Å². The lowest BCUT2D eigenvalue weighted by Crippen LogP contribution is -2.09. The number of hydrogen-bond donors (Lipinski definition) is 1. The van der Waals surface area contributed by atoms with Gasteiger partial charge in [0.05, 0.1) is 5.69 Å². The molecular formula is C21H24N4O. The Kier molecular flexibility index (Phi) is 4.23. The fourth-order valence-electron chi connectivity index (χ4n) is 3.87. The zero-order valence-corrected chi connectivity index (χ0v) is 15.5. The summed E-state index contributed by atoms with van der Waals surface area (Å²) in [4.78, 5) is 4.66. The third-order valence-electron chi connectivity index (χ3n) is 4.99. The predicted molar refractivity (Wildman–Crippen MR) is 102 cm³/mol. The molecule has 0 saturated carbocycles. The van der Waals surface area contributed by atoms with Crippen molar-refractivity contribution >= 4 is 0 Å². The Morgan fingerprint density at radius 1 is 1.19 bits per heavy atom. The van der Waals surface area contributed by atoms with Gasteiger partial charge in [-0.1, -0.05) is 19.9 Å². The Morgan fingerprint density at radius 3 is 2.81 bits per heavy atom. The van der Waals surface area contributed by atoms with Crippen LogP contribution in [0.25, 0.3) is 17.2 Å². The van der Waals surface area contributed by atoms with Gasteiger partial charge in [-0.15, -0.1) is 10.2 Å². The highest BCUT2D eigenvalue weighted by Gasteiger charge is 2.28. The van der Waals surface area contributed by atoms with Crippen LogP contribution in [0.15, 0.2) is 36.4 Å². The number of aromatic nitrogens is 4. The van der Waals surface area contributed by atoms with E-state index in [4.69, 9.17) is 0 Å². The van der Waals surface area contributed by atoms with E-state index in [9.17, 15) is 5.11 Å². The number of phenolic OH excluding ortho intramolecular Hbond substituents is 1. The second-order valence-corrected chi connectivity index (χ2v) is 7.56. The minimum absolute atomic E-state index is 0.302. The third-order valence-corrected chi connectivity index (χ3v) is 4.99. The Morgan fingerprint density at radius 2 is 2.04 bits per heavy atom. The molecule has 5 nitrogen and oxygen atoms in total. The van der Waals surface area contributed by atoms with E-state index in [1.165, 1.54) is 0 Å². The number of nitrogens with zero attached hydrogens (tertiary/aromatic N) is 4. The smallest absolute Gasteiger partial charge is 0.187 e. The summed E-state index contributed by atoms with van der Waals surface area (Å²) in [7, 11) is 0. The van der Waals surface area contributed by atoms with Gasteiger partial charge in [-0.05, 0) is 68.0 Å². The minimum Gasteiger partial charge on any atom is -0.508 e. The summed E-state index contributed by atoms with van der Waals surface area (Å²) >= 11 is 0. The molecule has 5 heteroatoms. The molecule has 0 spiro atoms. The molecule has 1 atom stereocenters. The van der Waals surface area contributed by atoms with Crippen molar-refractivity contribution in [2.24, 2.45) is 5.92 Å². The van der Waals surface area contributed by atoms with Gasteiger partial charge in [-0.3, -0.25) is 4.57 Å². The summed E-state index contributed by atoms with van der Waals surface area (Å²) in [5.41, 5.74) is 3.96. The molecule has 26 heavy (non-hydrogen) atoms. The summed E-state index contributed by atoms with van der Waals surface area (Å²) in [5.74, 6) is 3.00. The van der Waals surface area contributed by atoms with E-state index in [1.54, 1.807) is 6.07 Å². The zero-order chi connectivity index (χ0) is 18.3. The van der Waals surface area contributed by atoms with Crippen molar-refractivity contribution in [3.05, 3.63) is 53.5 Å². The molecule has 0 radical (unpaired) electrons. The van der Waals surface area contributed by atoms with Crippen LogP contribution in [0.5, 0.6) is 5.75 Å². The predicted octanol–water partition coefficient (Wildman–Crippen LogP) is 4.42. The molecule has 1 aliphatic rings. The van der Waals surface area contributed by atoms with Gasteiger partial charge < -0.3 is 5.11 Å². The molecule has 2 aromatic heterocycles. The molecule has 3 heterocycles. The van der Waals surface area contributed by atoms with Gasteiger partial charge in [-0.2, -0.15) is 0 Å². The SMILES string of the molecule is Cc1cccc(-c2nnc3n2-c2ccc(O)cc2CCC3CC(C)C)n1. The molecule has 0 fully saturated rings. The highest BCUT2D eigenvalue weighted by molar-refractivity contribution is 5.58. The fraction of sp³-hybridized carbons (Fsp3) is 0.381. The first-order chi connectivity index (χ1) is 12.5. The third kappa shape index (κ3) is 2.98. The Balaban J connectivity index is 1.93. The summed E-state index contributed by atoms with van der Waals surface area (Å²) < 4.78 is 2.15. The van der Waals surface area contributed by atoms with E-state index >= 15 is 0 Å². The molecule has 3 aromatic rings. The number of phenols is 1. The standard InChI is InChI=1S/C21H24N4O/c1-13(2)11-16-8-7-15-12-17(26)9-10-19(15)25-20(16)23-24-21(25)18-6-4-5-14(3)22-18/h4-6,9-10,12-13,16,26H,7-8,11H2,1-3H3. The van der Waals surface area contributed by atoms with E-state index in [-0.39, 0.29) is 0 Å². The van der Waals surface area contributed by atoms with Crippen LogP contribution in [-0.2, 0) is 6.42 Å². The highest BCUT2D eigenvalue weighted by Crippen LogP contribution is 2.37. The maximum atomic E-state index is 9.96. The van der Waals surface area contributed by atoms with Crippen molar-refractivity contribution in [2.45, 2.75) is 46.0 Å². The number of fused-ring (bicyclic) bond motifs is 3. The first-order valence-corrected chi connectivity index (χ1v) is 9.24. The van der Waals surface area contributed by atoms with Crippen LogP contribution in [0, 0.1) is 12.8 Å². The maximum Gasteiger partial charge on any atom is 0.187 e. The zero-order valence-electron chi connectivity index (χ0n) is 15.5. The van der Waals surface area contributed by atoms with Crippen LogP contribution in [0.4, 0.5) is 0 Å². The van der Waals surface area contributed by atoms with Crippen molar-refractivity contribution in [3.8, 4) is 23.0 Å². The van der Waals surface area contributed by atoms with Crippen LogP contribution in [-0.4, -0.2) is 24.9 Å². The Bertz CT molecular complexity index is 945. The van der Waals surface area contributed by atoms with Crippen LogP contribution in [0.2, 0.25) is 0 Å². The second kappa shape index (κ2) is 6.56. The lowest BCUT2D eigenvalue weighted by molar-refractivity contribution is 0.460. The van der Waals surface area contributed by atoms with Gasteiger partial charge >= 0.3 is 0 Å². The number of hydrogen-bond acceptors (Lipinski definition) is 4. The van der Waals surface area contributed by atoms with Crippen LogP contribution >= 0.6 is 0 Å². The molecule has 0 saturated heterocycles. The van der Waals surface area contributed by atoms with Crippen molar-refractivity contribution < 1.29 is 5.11 Å². The van der Waals surface area contributed by atoms with Gasteiger partial charge in [0.1, 0.15) is 17.3 Å². The average molecular weight is 348 g/mol. The summed E-state index contributed by atoms with van der Waals surface area (Å²) in [5, 5.41) is 19.1. The molecule has 4 rings (SSSR count). The molecule has 134 valence electrons. The number of rotatable bonds is 3. The number of aromatic hydroxyl groups is 1. The van der Waals surface area contributed by atoms with Crippen LogP contribution in [0.1, 0.15) is 49.7 Å². The summed E-state index contributed by atoms with van der Waals surface area (Å²) in [6, 6.07) is 11.5. The summed E-state index contributed by atoms with van der Waals surface area (Å²) in [6.45, 7) is 6.47. The Labute approximate surface area is 153 Å². The van der Waals surface area contributed by atoms with E-state index in [1.807, 2.05) is 37.3 Å². The largest absolute Gasteiger partial charge is 0.508 e. The average Bonchev–Trinajstić information content (AvgIpc) is 2.97. The topological polar surface area (TPSA) is 63.8 Å². The van der Waals surface area contributed by atoms with Gasteiger partial charge in [0.25, 0.3) is 0 Å². The molecular weight excluding hydrogens is 324 g/mol. The molecule has 1 aliphatic heterocycles. The quantitative estimate of drug-likeness (QED) is 0.761. The first-order valence-electron chi connectivity index (χ1n) is 9.24. The highest BCUT2D eigenvalue weighted by atomic mass is 16.3. The lowest BCUT2D eigenvalue weighted by Gasteiger charge is -2.17. The second-order valence-electron chi connectivity index (χ2n) is 7.56. The first kappa shape index (κ1) is 16.8. The Hall–Kier alpha value is -2.69. The number of pyridine rings is 1. The molecule has 0 aliphatic carbocycles. The maximum absolute atomic E-state index is 9.96. The normalized spacial score (nSPS) is 16.2. The van der Waals surface area contributed by atoms with E-state index in [2.05, 4.69) is 33.6 Å². The molecule has 1 aromatic carbocycles. The molecule has 0 amide bonds.